The van der Waals surface area contributed by atoms with E-state index in [1.54, 1.807) is 0 Å². The molecule has 0 N–H and O–H groups in total. The van der Waals surface area contributed by atoms with Gasteiger partial charge in [0.1, 0.15) is 11.6 Å². The molecule has 7 heteroatoms. The van der Waals surface area contributed by atoms with E-state index in [1.807, 2.05) is 6.07 Å². The Labute approximate surface area is 117 Å². The fourth-order valence-electron chi connectivity index (χ4n) is 1.77. The highest BCUT2D eigenvalue weighted by atomic mass is 19.4. The highest BCUT2D eigenvalue weighted by Crippen LogP contribution is 2.28. The molecule has 2 aromatic rings. The molecular formula is C14H8F4N2O. The van der Waals surface area contributed by atoms with Gasteiger partial charge in [-0.25, -0.2) is 4.39 Å². The molecule has 1 heterocycles. The molecule has 0 atom stereocenters. The van der Waals surface area contributed by atoms with E-state index in [-0.39, 0.29) is 12.2 Å². The van der Waals surface area contributed by atoms with Crippen LogP contribution in [0.5, 0.6) is 5.75 Å². The third kappa shape index (κ3) is 3.92. The second-order valence-corrected chi connectivity index (χ2v) is 4.05. The van der Waals surface area contributed by atoms with Crippen molar-refractivity contribution < 1.29 is 22.3 Å². The molecule has 0 radical (unpaired) electrons. The average molecular weight is 296 g/mol. The van der Waals surface area contributed by atoms with Gasteiger partial charge in [-0.15, -0.1) is 13.2 Å². The van der Waals surface area contributed by atoms with E-state index in [4.69, 9.17) is 5.26 Å². The van der Waals surface area contributed by atoms with Crippen molar-refractivity contribution in [3.8, 4) is 22.9 Å². The van der Waals surface area contributed by atoms with Crippen molar-refractivity contribution >= 4 is 0 Å². The smallest absolute Gasteiger partial charge is 0.406 e. The first-order valence-electron chi connectivity index (χ1n) is 5.76. The summed E-state index contributed by atoms with van der Waals surface area (Å²) in [6, 6.07) is 8.00. The quantitative estimate of drug-likeness (QED) is 0.808. The second kappa shape index (κ2) is 5.79. The van der Waals surface area contributed by atoms with Crippen LogP contribution in [0.3, 0.4) is 0 Å². The number of aromatic nitrogens is 1. The zero-order chi connectivity index (χ0) is 15.5. The predicted molar refractivity (Wildman–Crippen MR) is 65.6 cm³/mol. The molecule has 0 saturated heterocycles. The SMILES string of the molecule is N#CCc1ncc(F)cc1-c1ccc(OC(F)(F)F)cc1. The van der Waals surface area contributed by atoms with Crippen LogP contribution in [0.1, 0.15) is 5.69 Å². The number of halogens is 4. The van der Waals surface area contributed by atoms with Crippen molar-refractivity contribution in [2.24, 2.45) is 0 Å². The molecule has 0 aliphatic carbocycles. The highest BCUT2D eigenvalue weighted by molar-refractivity contribution is 5.67. The molecule has 0 saturated carbocycles. The van der Waals surface area contributed by atoms with Gasteiger partial charge < -0.3 is 4.74 Å². The van der Waals surface area contributed by atoms with E-state index in [0.717, 1.165) is 18.3 Å². The van der Waals surface area contributed by atoms with Crippen LogP contribution in [0.4, 0.5) is 17.6 Å². The van der Waals surface area contributed by atoms with Crippen LogP contribution in [-0.2, 0) is 6.42 Å². The number of alkyl halides is 3. The highest BCUT2D eigenvalue weighted by Gasteiger charge is 2.30. The van der Waals surface area contributed by atoms with Crippen LogP contribution >= 0.6 is 0 Å². The molecule has 2 rings (SSSR count). The van der Waals surface area contributed by atoms with Crippen molar-refractivity contribution in [1.82, 2.24) is 4.98 Å². The number of nitrogens with zero attached hydrogens (tertiary/aromatic N) is 2. The summed E-state index contributed by atoms with van der Waals surface area (Å²) in [6.45, 7) is 0. The Kier molecular flexibility index (Phi) is 4.08. The van der Waals surface area contributed by atoms with Crippen molar-refractivity contribution in [2.45, 2.75) is 12.8 Å². The van der Waals surface area contributed by atoms with Gasteiger partial charge in [-0.2, -0.15) is 5.26 Å². The fourth-order valence-corrected chi connectivity index (χ4v) is 1.77. The first-order valence-corrected chi connectivity index (χ1v) is 5.76. The third-order valence-corrected chi connectivity index (χ3v) is 2.58. The number of rotatable bonds is 3. The molecule has 0 fully saturated rings. The summed E-state index contributed by atoms with van der Waals surface area (Å²) in [5.41, 5.74) is 1.15. The molecule has 0 aliphatic rings. The van der Waals surface area contributed by atoms with Gasteiger partial charge in [0.15, 0.2) is 0 Å². The molecule has 3 nitrogen and oxygen atoms in total. The minimum Gasteiger partial charge on any atom is -0.406 e. The number of hydrogen-bond donors (Lipinski definition) is 0. The topological polar surface area (TPSA) is 45.9 Å². The lowest BCUT2D eigenvalue weighted by atomic mass is 10.0. The fraction of sp³-hybridized carbons (Fsp3) is 0.143. The van der Waals surface area contributed by atoms with E-state index in [9.17, 15) is 17.6 Å². The summed E-state index contributed by atoms with van der Waals surface area (Å²) in [5, 5.41) is 8.70. The molecule has 108 valence electrons. The number of nitriles is 1. The van der Waals surface area contributed by atoms with E-state index < -0.39 is 12.2 Å². The monoisotopic (exact) mass is 296 g/mol. The van der Waals surface area contributed by atoms with Gasteiger partial charge in [-0.05, 0) is 23.8 Å². The average Bonchev–Trinajstić information content (AvgIpc) is 2.40. The van der Waals surface area contributed by atoms with Gasteiger partial charge in [0.05, 0.1) is 24.4 Å². The number of hydrogen-bond acceptors (Lipinski definition) is 3. The summed E-state index contributed by atoms with van der Waals surface area (Å²) in [4.78, 5) is 3.82. The minimum atomic E-state index is -4.77. The Hall–Kier alpha value is -2.62. The third-order valence-electron chi connectivity index (χ3n) is 2.58. The van der Waals surface area contributed by atoms with Crippen LogP contribution in [0, 0.1) is 17.1 Å². The Morgan fingerprint density at radius 2 is 1.86 bits per heavy atom. The maximum absolute atomic E-state index is 13.3. The predicted octanol–water partition coefficient (Wildman–Crippen LogP) is 3.85. The molecule has 1 aromatic carbocycles. The van der Waals surface area contributed by atoms with Crippen LogP contribution < -0.4 is 4.74 Å². The number of pyridine rings is 1. The van der Waals surface area contributed by atoms with Crippen LogP contribution in [0.25, 0.3) is 11.1 Å². The molecular weight excluding hydrogens is 288 g/mol. The van der Waals surface area contributed by atoms with Crippen molar-refractivity contribution in [1.29, 1.82) is 5.26 Å². The summed E-state index contributed by atoms with van der Waals surface area (Å²) >= 11 is 0. The summed E-state index contributed by atoms with van der Waals surface area (Å²) in [6.07, 6.45) is -3.82. The maximum atomic E-state index is 13.3. The van der Waals surface area contributed by atoms with Crippen molar-refractivity contribution in [2.75, 3.05) is 0 Å². The minimum absolute atomic E-state index is 0.0313. The molecule has 1 aromatic heterocycles. The Balaban J connectivity index is 2.35. The summed E-state index contributed by atoms with van der Waals surface area (Å²) in [5.74, 6) is -0.972. The Bertz CT molecular complexity index is 675. The van der Waals surface area contributed by atoms with Gasteiger partial charge >= 0.3 is 6.36 Å². The van der Waals surface area contributed by atoms with Crippen molar-refractivity contribution in [3.63, 3.8) is 0 Å². The molecule has 0 spiro atoms. The normalized spacial score (nSPS) is 11.0. The van der Waals surface area contributed by atoms with Gasteiger partial charge in [0.2, 0.25) is 0 Å². The van der Waals surface area contributed by atoms with Gasteiger partial charge in [-0.3, -0.25) is 4.98 Å². The molecule has 0 unspecified atom stereocenters. The van der Waals surface area contributed by atoms with E-state index in [0.29, 0.717) is 16.8 Å². The van der Waals surface area contributed by atoms with E-state index in [2.05, 4.69) is 9.72 Å². The second-order valence-electron chi connectivity index (χ2n) is 4.05. The van der Waals surface area contributed by atoms with E-state index in [1.165, 1.54) is 18.2 Å². The lowest BCUT2D eigenvalue weighted by molar-refractivity contribution is -0.274. The van der Waals surface area contributed by atoms with Crippen LogP contribution in [0.2, 0.25) is 0 Å². The molecule has 21 heavy (non-hydrogen) atoms. The van der Waals surface area contributed by atoms with Crippen molar-refractivity contribution in [3.05, 3.63) is 48.0 Å². The largest absolute Gasteiger partial charge is 0.573 e. The molecule has 0 aliphatic heterocycles. The standard InChI is InChI=1S/C14H8F4N2O/c15-10-7-12(13(5-6-19)20-8-10)9-1-3-11(4-2-9)21-14(16,17)18/h1-4,7-8H,5H2. The molecule has 0 bridgehead atoms. The van der Waals surface area contributed by atoms with E-state index >= 15 is 0 Å². The zero-order valence-electron chi connectivity index (χ0n) is 10.5. The summed E-state index contributed by atoms with van der Waals surface area (Å²) < 4.78 is 53.2. The number of benzene rings is 1. The maximum Gasteiger partial charge on any atom is 0.573 e. The molecule has 0 amide bonds. The summed E-state index contributed by atoms with van der Waals surface area (Å²) in [7, 11) is 0. The first kappa shape index (κ1) is 14.8. The first-order chi connectivity index (χ1) is 9.89. The van der Waals surface area contributed by atoms with Crippen LogP contribution in [0.15, 0.2) is 36.5 Å². The van der Waals surface area contributed by atoms with Gasteiger partial charge in [-0.1, -0.05) is 12.1 Å². The van der Waals surface area contributed by atoms with Gasteiger partial charge in [0.25, 0.3) is 0 Å². The van der Waals surface area contributed by atoms with Gasteiger partial charge in [0, 0.05) is 5.56 Å². The Morgan fingerprint density at radius 3 is 2.43 bits per heavy atom. The zero-order valence-corrected chi connectivity index (χ0v) is 10.5. The Morgan fingerprint density at radius 1 is 1.19 bits per heavy atom. The number of ether oxygens (including phenoxy) is 1. The lowest BCUT2D eigenvalue weighted by Gasteiger charge is -2.10. The van der Waals surface area contributed by atoms with Crippen LogP contribution in [-0.4, -0.2) is 11.3 Å². The lowest BCUT2D eigenvalue weighted by Crippen LogP contribution is -2.16.